The fourth-order valence-corrected chi connectivity index (χ4v) is 3.87. The summed E-state index contributed by atoms with van der Waals surface area (Å²) in [6.45, 7) is 4.08. The van der Waals surface area contributed by atoms with Crippen molar-refractivity contribution in [3.63, 3.8) is 0 Å². The molecule has 3 heterocycles. The van der Waals surface area contributed by atoms with E-state index in [4.69, 9.17) is 16.3 Å². The number of pyridine rings is 1. The molecule has 7 nitrogen and oxygen atoms in total. The van der Waals surface area contributed by atoms with Crippen LogP contribution in [0.1, 0.15) is 43.5 Å². The normalized spacial score (nSPS) is 15.7. The van der Waals surface area contributed by atoms with Crippen molar-refractivity contribution >= 4 is 17.5 Å². The summed E-state index contributed by atoms with van der Waals surface area (Å²) in [4.78, 5) is 20.6. The van der Waals surface area contributed by atoms with E-state index in [0.29, 0.717) is 22.2 Å². The minimum absolute atomic E-state index is 0.111. The third-order valence-corrected chi connectivity index (χ3v) is 5.29. The number of carbonyl (C=O) groups is 1. The first-order valence-electron chi connectivity index (χ1n) is 10.1. The topological polar surface area (TPSA) is 73.1 Å². The van der Waals surface area contributed by atoms with Crippen molar-refractivity contribution in [3.8, 4) is 11.6 Å². The molecule has 0 aliphatic carbocycles. The molecule has 0 spiro atoms. The monoisotopic (exact) mass is 441 g/mol. The molecule has 0 saturated carbocycles. The molecule has 160 valence electrons. The van der Waals surface area contributed by atoms with Gasteiger partial charge in [-0.15, -0.1) is 0 Å². The second kappa shape index (κ2) is 8.85. The zero-order chi connectivity index (χ0) is 22.0. The lowest BCUT2D eigenvalue weighted by Crippen LogP contribution is -2.51. The highest BCUT2D eigenvalue weighted by Gasteiger charge is 2.43. The first kappa shape index (κ1) is 21.0. The Morgan fingerprint density at radius 1 is 1.19 bits per heavy atom. The van der Waals surface area contributed by atoms with Gasteiger partial charge >= 0.3 is 0 Å². The maximum atomic E-state index is 13.7. The maximum Gasteiger partial charge on any atom is 0.263 e. The molecule has 4 rings (SSSR count). The molecule has 1 aliphatic rings. The molecule has 1 unspecified atom stereocenters. The summed E-state index contributed by atoms with van der Waals surface area (Å²) in [6.07, 6.45) is 6.56. The Morgan fingerprint density at radius 3 is 2.61 bits per heavy atom. The van der Waals surface area contributed by atoms with E-state index in [-0.39, 0.29) is 17.8 Å². The number of halogens is 2. The van der Waals surface area contributed by atoms with Crippen LogP contribution in [0.2, 0.25) is 5.02 Å². The van der Waals surface area contributed by atoms with Crippen molar-refractivity contribution in [1.29, 1.82) is 0 Å². The Kier molecular flexibility index (Phi) is 5.99. The maximum absolute atomic E-state index is 13.7. The molecule has 0 saturated heterocycles. The minimum Gasteiger partial charge on any atom is -0.422 e. The molecule has 0 N–H and O–H groups in total. The molecule has 0 bridgehead atoms. The van der Waals surface area contributed by atoms with Crippen LogP contribution < -0.4 is 4.74 Å². The number of hydrogen-bond acceptors (Lipinski definition) is 5. The average molecular weight is 442 g/mol. The number of rotatable bonds is 7. The van der Waals surface area contributed by atoms with Gasteiger partial charge in [-0.1, -0.05) is 31.9 Å². The van der Waals surface area contributed by atoms with E-state index in [1.807, 2.05) is 6.92 Å². The Bertz CT molecular complexity index is 1120. The van der Waals surface area contributed by atoms with Crippen LogP contribution in [0.3, 0.4) is 0 Å². The van der Waals surface area contributed by atoms with Crippen molar-refractivity contribution in [2.45, 2.75) is 39.2 Å². The molecule has 31 heavy (non-hydrogen) atoms. The van der Waals surface area contributed by atoms with E-state index in [1.54, 1.807) is 23.1 Å². The van der Waals surface area contributed by atoms with Crippen molar-refractivity contribution in [2.75, 3.05) is 0 Å². The Hall–Kier alpha value is -3.26. The quantitative estimate of drug-likeness (QED) is 0.527. The van der Waals surface area contributed by atoms with E-state index in [1.165, 1.54) is 29.3 Å². The van der Waals surface area contributed by atoms with Crippen LogP contribution in [0.4, 0.5) is 4.39 Å². The van der Waals surface area contributed by atoms with Crippen molar-refractivity contribution in [3.05, 3.63) is 76.8 Å². The number of amides is 1. The minimum atomic E-state index is -0.460. The van der Waals surface area contributed by atoms with Gasteiger partial charge in [-0.2, -0.15) is 15.0 Å². The number of nitrogens with zero attached hydrogens (tertiary/aromatic N) is 5. The van der Waals surface area contributed by atoms with Gasteiger partial charge < -0.3 is 4.74 Å². The summed E-state index contributed by atoms with van der Waals surface area (Å²) in [6, 6.07) is 7.58. The van der Waals surface area contributed by atoms with Crippen LogP contribution in [-0.2, 0) is 0 Å². The lowest BCUT2D eigenvalue weighted by atomic mass is 9.90. The highest BCUT2D eigenvalue weighted by atomic mass is 35.5. The first-order valence-corrected chi connectivity index (χ1v) is 10.4. The van der Waals surface area contributed by atoms with Crippen LogP contribution >= 0.6 is 11.6 Å². The molecule has 1 aromatic carbocycles. The van der Waals surface area contributed by atoms with Gasteiger partial charge in [0.1, 0.15) is 5.82 Å². The predicted octanol–water partition coefficient (Wildman–Crippen LogP) is 4.78. The lowest BCUT2D eigenvalue weighted by Gasteiger charge is -2.43. The number of carbonyl (C=O) groups excluding carboxylic acids is 1. The second-order valence-corrected chi connectivity index (χ2v) is 7.51. The molecule has 0 radical (unpaired) electrons. The number of ether oxygens (including phenoxy) is 1. The van der Waals surface area contributed by atoms with Crippen molar-refractivity contribution < 1.29 is 13.9 Å². The van der Waals surface area contributed by atoms with Crippen molar-refractivity contribution in [1.82, 2.24) is 24.9 Å². The lowest BCUT2D eigenvalue weighted by molar-refractivity contribution is 0.0555. The third kappa shape index (κ3) is 4.03. The smallest absolute Gasteiger partial charge is 0.263 e. The first-order chi connectivity index (χ1) is 15.0. The summed E-state index contributed by atoms with van der Waals surface area (Å²) >= 11 is 6.21. The number of benzene rings is 1. The summed E-state index contributed by atoms with van der Waals surface area (Å²) in [5, 5.41) is 8.71. The van der Waals surface area contributed by atoms with Gasteiger partial charge in [0, 0.05) is 16.7 Å². The van der Waals surface area contributed by atoms with Crippen LogP contribution in [0.25, 0.3) is 5.69 Å². The molecule has 1 atom stereocenters. The van der Waals surface area contributed by atoms with Gasteiger partial charge in [0.25, 0.3) is 5.91 Å². The van der Waals surface area contributed by atoms with Crippen LogP contribution in [0.5, 0.6) is 5.88 Å². The fourth-order valence-electron chi connectivity index (χ4n) is 3.69. The number of hydrogen-bond donors (Lipinski definition) is 0. The van der Waals surface area contributed by atoms with Gasteiger partial charge in [-0.3, -0.25) is 9.69 Å². The summed E-state index contributed by atoms with van der Waals surface area (Å²) in [5.74, 6) is -0.0911. The van der Waals surface area contributed by atoms with Gasteiger partial charge in [0.15, 0.2) is 0 Å². The molecular formula is C22H21ClFN5O2. The molecule has 0 fully saturated rings. The molecule has 3 aromatic rings. The zero-order valence-electron chi connectivity index (χ0n) is 17.1. The highest BCUT2D eigenvalue weighted by Crippen LogP contribution is 2.39. The molecule has 9 heteroatoms. The largest absolute Gasteiger partial charge is 0.422 e. The molecule has 1 amide bonds. The zero-order valence-corrected chi connectivity index (χ0v) is 17.9. The molecule has 2 aromatic heterocycles. The van der Waals surface area contributed by atoms with E-state index in [0.717, 1.165) is 31.0 Å². The van der Waals surface area contributed by atoms with E-state index >= 15 is 0 Å². The Labute approximate surface area is 184 Å². The van der Waals surface area contributed by atoms with E-state index < -0.39 is 5.82 Å². The fraction of sp³-hybridized carbons (Fsp3) is 0.273. The van der Waals surface area contributed by atoms with Gasteiger partial charge in [-0.05, 0) is 37.1 Å². The van der Waals surface area contributed by atoms with Crippen LogP contribution in [0, 0.1) is 5.82 Å². The van der Waals surface area contributed by atoms with Gasteiger partial charge in [0.2, 0.25) is 11.8 Å². The van der Waals surface area contributed by atoms with Gasteiger partial charge in [0.05, 0.1) is 35.9 Å². The predicted molar refractivity (Wildman–Crippen MR) is 113 cm³/mol. The standard InChI is InChI=1S/C22H21ClFN5O2/c1-3-5-16-18(4-2)28(22(16)31-20-9-7-15(24)13-25-20)21(30)17-12-14(23)6-8-19(17)29-26-10-11-27-29/h6-13,18H,3-5H2,1-2H3. The summed E-state index contributed by atoms with van der Waals surface area (Å²) in [7, 11) is 0. The van der Waals surface area contributed by atoms with Crippen LogP contribution in [-0.4, -0.2) is 36.8 Å². The Balaban J connectivity index is 1.74. The summed E-state index contributed by atoms with van der Waals surface area (Å²) in [5.41, 5.74) is 1.90. The molecular weight excluding hydrogens is 421 g/mol. The second-order valence-electron chi connectivity index (χ2n) is 7.08. The third-order valence-electron chi connectivity index (χ3n) is 5.06. The number of aromatic nitrogens is 4. The SMILES string of the molecule is CCCC1=C(Oc2ccc(F)cn2)N(C(=O)c2cc(Cl)ccc2-n2nccn2)C1CC. The van der Waals surface area contributed by atoms with Crippen LogP contribution in [0.15, 0.2) is 60.4 Å². The highest BCUT2D eigenvalue weighted by molar-refractivity contribution is 6.31. The average Bonchev–Trinajstić information content (AvgIpc) is 3.30. The summed E-state index contributed by atoms with van der Waals surface area (Å²) < 4.78 is 19.2. The molecule has 1 aliphatic heterocycles. The van der Waals surface area contributed by atoms with E-state index in [9.17, 15) is 9.18 Å². The van der Waals surface area contributed by atoms with Gasteiger partial charge in [-0.25, -0.2) is 9.37 Å². The Morgan fingerprint density at radius 2 is 1.97 bits per heavy atom. The van der Waals surface area contributed by atoms with Crippen molar-refractivity contribution in [2.24, 2.45) is 0 Å². The van der Waals surface area contributed by atoms with E-state index in [2.05, 4.69) is 22.1 Å².